The number of hydrogen-bond acceptors (Lipinski definition) is 0. The molecule has 0 aromatic heterocycles. The molecule has 0 spiro atoms. The van der Waals surface area contributed by atoms with Crippen LogP contribution in [-0.4, -0.2) is 0 Å². The second kappa shape index (κ2) is 13.9. The van der Waals surface area contributed by atoms with Crippen molar-refractivity contribution in [1.29, 1.82) is 0 Å². The fraction of sp³-hybridized carbons (Fsp3) is 0.231. The molecule has 0 atom stereocenters. The van der Waals surface area contributed by atoms with Gasteiger partial charge in [0.05, 0.1) is 0 Å². The summed E-state index contributed by atoms with van der Waals surface area (Å²) in [5.74, 6) is 0. The molecule has 3 aliphatic rings. The van der Waals surface area contributed by atoms with E-state index in [0.717, 1.165) is 19.3 Å². The molecule has 0 N–H and O–H groups in total. The molecule has 4 aromatic rings. The van der Waals surface area contributed by atoms with Crippen molar-refractivity contribution in [3.05, 3.63) is 157 Å². The fourth-order valence-electron chi connectivity index (χ4n) is 7.04. The molecule has 0 aliphatic heterocycles. The zero-order valence-corrected chi connectivity index (χ0v) is 27.9. The molecule has 209 valence electrons. The molecule has 0 heterocycles. The van der Waals surface area contributed by atoms with Crippen molar-refractivity contribution in [1.82, 2.24) is 0 Å². The summed E-state index contributed by atoms with van der Waals surface area (Å²) < 4.78 is 1.54. The van der Waals surface area contributed by atoms with Gasteiger partial charge in [-0.15, -0.1) is 0 Å². The molecule has 0 nitrogen and oxygen atoms in total. The third-order valence-electron chi connectivity index (χ3n) is 8.94. The molecule has 7 rings (SSSR count). The topological polar surface area (TPSA) is 0 Å². The third kappa shape index (κ3) is 6.12. The minimum absolute atomic E-state index is 0. The second-order valence-corrected chi connectivity index (χ2v) is 12.9. The van der Waals surface area contributed by atoms with Gasteiger partial charge in [-0.2, -0.15) is 0 Å². The van der Waals surface area contributed by atoms with Crippen LogP contribution < -0.4 is 35.3 Å². The van der Waals surface area contributed by atoms with Gasteiger partial charge in [-0.25, -0.2) is 0 Å². The van der Waals surface area contributed by atoms with Crippen molar-refractivity contribution >= 4 is 14.4 Å². The first-order valence-corrected chi connectivity index (χ1v) is 16.2. The van der Waals surface area contributed by atoms with E-state index in [0.29, 0.717) is 0 Å². The van der Waals surface area contributed by atoms with E-state index in [4.69, 9.17) is 0 Å². The van der Waals surface area contributed by atoms with Gasteiger partial charge in [-0.1, -0.05) is 0 Å². The minimum atomic E-state index is 0. The quantitative estimate of drug-likeness (QED) is 0.287. The number of benzene rings is 4. The molecule has 1 saturated carbocycles. The Bertz CT molecular complexity index is 1860. The Morgan fingerprint density at radius 3 is 1.90 bits per heavy atom. The van der Waals surface area contributed by atoms with Gasteiger partial charge >= 0.3 is 254 Å². The summed E-state index contributed by atoms with van der Waals surface area (Å²) >= 11 is 1.51. The van der Waals surface area contributed by atoms with Gasteiger partial charge in [-0.3, -0.25) is 0 Å². The molecule has 3 aliphatic carbocycles. The number of allylic oxidation sites excluding steroid dienone is 4. The van der Waals surface area contributed by atoms with E-state index in [1.54, 1.807) is 16.4 Å². The van der Waals surface area contributed by atoms with E-state index in [2.05, 4.69) is 103 Å². The molecule has 4 aromatic carbocycles. The monoisotopic (exact) mass is 663 g/mol. The maximum absolute atomic E-state index is 2.60. The molecular weight excluding hydrogens is 631 g/mol. The maximum atomic E-state index is 2.60. The van der Waals surface area contributed by atoms with Crippen LogP contribution in [0.1, 0.15) is 78.3 Å². The van der Waals surface area contributed by atoms with E-state index in [9.17, 15) is 0 Å². The van der Waals surface area contributed by atoms with Crippen LogP contribution in [0, 0.1) is 10.4 Å². The van der Waals surface area contributed by atoms with E-state index in [1.165, 1.54) is 116 Å². The first kappa shape index (κ1) is 31.0. The molecule has 42 heavy (non-hydrogen) atoms. The number of halogens is 2. The average molecular weight is 666 g/mol. The van der Waals surface area contributed by atoms with Crippen LogP contribution >= 0.6 is 0 Å². The summed E-state index contributed by atoms with van der Waals surface area (Å²) in [6.45, 7) is 0. The van der Waals surface area contributed by atoms with Crippen LogP contribution in [0.3, 0.4) is 0 Å². The van der Waals surface area contributed by atoms with Gasteiger partial charge < -0.3 is 24.8 Å². The summed E-state index contributed by atoms with van der Waals surface area (Å²) in [6, 6.07) is 31.9. The van der Waals surface area contributed by atoms with Gasteiger partial charge in [-0.05, 0) is 0 Å². The Labute approximate surface area is 277 Å². The molecule has 0 amide bonds. The number of fused-ring (bicyclic) bond motifs is 2. The fourth-order valence-corrected chi connectivity index (χ4v) is 8.21. The molecule has 3 heteroatoms. The Morgan fingerprint density at radius 1 is 0.595 bits per heavy atom. The zero-order valence-electron chi connectivity index (χ0n) is 23.9. The van der Waals surface area contributed by atoms with Crippen molar-refractivity contribution in [2.24, 2.45) is 0 Å². The average Bonchev–Trinajstić information content (AvgIpc) is 3.51. The second-order valence-electron chi connectivity index (χ2n) is 11.6. The molecule has 0 unspecified atom stereocenters. The molecular formula is C39H35Cl2Zr. The van der Waals surface area contributed by atoms with Crippen LogP contribution in [0.4, 0.5) is 0 Å². The van der Waals surface area contributed by atoms with Crippen LogP contribution in [0.2, 0.25) is 0 Å². The van der Waals surface area contributed by atoms with Crippen molar-refractivity contribution in [3.8, 4) is 0 Å². The number of hydrogen-bond donors (Lipinski definition) is 0. The van der Waals surface area contributed by atoms with E-state index >= 15 is 0 Å². The van der Waals surface area contributed by atoms with E-state index in [-0.39, 0.29) is 24.8 Å². The van der Waals surface area contributed by atoms with Gasteiger partial charge in [0.25, 0.3) is 0 Å². The first-order chi connectivity index (χ1) is 19.8. The molecule has 0 radical (unpaired) electrons. The Kier molecular flexibility index (Phi) is 10.3. The molecule has 0 bridgehead atoms. The van der Waals surface area contributed by atoms with Crippen LogP contribution in [0.5, 0.6) is 0 Å². The predicted molar refractivity (Wildman–Crippen MR) is 164 cm³/mol. The summed E-state index contributed by atoms with van der Waals surface area (Å²) in [5.41, 5.74) is 12.0. The van der Waals surface area contributed by atoms with Crippen molar-refractivity contribution in [3.63, 3.8) is 0 Å². The van der Waals surface area contributed by atoms with Gasteiger partial charge in [0.1, 0.15) is 0 Å². The Hall–Kier alpha value is -2.44. The molecule has 1 fully saturated rings. The van der Waals surface area contributed by atoms with Gasteiger partial charge in [0.2, 0.25) is 0 Å². The zero-order chi connectivity index (χ0) is 26.9. The van der Waals surface area contributed by atoms with Crippen molar-refractivity contribution in [2.45, 2.75) is 57.8 Å². The Balaban J connectivity index is 0.00000176. The Morgan fingerprint density at radius 2 is 1.26 bits per heavy atom. The summed E-state index contributed by atoms with van der Waals surface area (Å²) in [6.07, 6.45) is 17.9. The summed E-state index contributed by atoms with van der Waals surface area (Å²) in [4.78, 5) is 0. The summed E-state index contributed by atoms with van der Waals surface area (Å²) in [7, 11) is 0. The standard InChI is InChI=1S/C39H35.2ClH.Zr/c1-2-10-18-31(17-9-1)38-34(24-29-15-7-4-8-16-29)27-36-35-25-30(23-28-13-5-3-6-14-28)21-22-33(35)26-37(36)39(38)32-19-11-12-20-32;;;/h3-8,11-16,19,21-22,25,27H,1-2,9-10,17-18,20,23-24H2;2*1H;/q;;;+2/p-2. The normalized spacial score (nSPS) is 15.3. The van der Waals surface area contributed by atoms with Crippen LogP contribution in [-0.2, 0) is 37.6 Å². The van der Waals surface area contributed by atoms with Crippen molar-refractivity contribution in [2.75, 3.05) is 0 Å². The van der Waals surface area contributed by atoms with E-state index in [1.807, 2.05) is 0 Å². The third-order valence-corrected chi connectivity index (χ3v) is 10.2. The van der Waals surface area contributed by atoms with Gasteiger partial charge in [0.15, 0.2) is 0 Å². The first-order valence-electron chi connectivity index (χ1n) is 15.0. The van der Waals surface area contributed by atoms with Crippen LogP contribution in [0.15, 0.2) is 103 Å². The van der Waals surface area contributed by atoms with Gasteiger partial charge in [0, 0.05) is 0 Å². The molecule has 0 saturated heterocycles. The summed E-state index contributed by atoms with van der Waals surface area (Å²) in [5, 5.41) is 5.95. The SMILES string of the molecule is [Cl-].[Cl-].[Zr+2][C]1=c2ccc(Cc3ccccc3)cc2=c2cc(Cc3ccccc3)c(=C3CCCCCC3)c(C3=CC=CC3)c21. The predicted octanol–water partition coefficient (Wildman–Crippen LogP) is 2.03. The number of rotatable bonds is 5. The van der Waals surface area contributed by atoms with E-state index < -0.39 is 0 Å². The van der Waals surface area contributed by atoms with Crippen LogP contribution in [0.25, 0.3) is 14.4 Å². The van der Waals surface area contributed by atoms with Crippen molar-refractivity contribution < 1.29 is 49.5 Å².